The van der Waals surface area contributed by atoms with Crippen molar-refractivity contribution in [3.05, 3.63) is 59.9 Å². The summed E-state index contributed by atoms with van der Waals surface area (Å²) in [6, 6.07) is 14.3. The minimum Gasteiger partial charge on any atom is -0.493 e. The summed E-state index contributed by atoms with van der Waals surface area (Å²) in [5.41, 5.74) is 2.41. The molecule has 0 spiro atoms. The van der Waals surface area contributed by atoms with Crippen LogP contribution >= 0.6 is 0 Å². The van der Waals surface area contributed by atoms with Crippen molar-refractivity contribution in [2.24, 2.45) is 0 Å². The topological polar surface area (TPSA) is 22.1 Å². The highest BCUT2D eigenvalue weighted by Crippen LogP contribution is 2.18. The molecule has 94 valence electrons. The van der Waals surface area contributed by atoms with E-state index in [2.05, 4.69) is 31.0 Å². The lowest BCUT2D eigenvalue weighted by Crippen LogP contribution is -2.02. The van der Waals surface area contributed by atoms with Gasteiger partial charge in [0, 0.05) is 18.3 Å². The van der Waals surface area contributed by atoms with E-state index in [-0.39, 0.29) is 0 Å². The van der Waals surface area contributed by atoms with E-state index in [1.165, 1.54) is 5.56 Å². The highest BCUT2D eigenvalue weighted by molar-refractivity contribution is 5.28. The first-order chi connectivity index (χ1) is 8.75. The van der Waals surface area contributed by atoms with Gasteiger partial charge in [-0.15, -0.1) is 0 Å². The summed E-state index contributed by atoms with van der Waals surface area (Å²) in [6.45, 7) is 5.05. The minimum absolute atomic E-state index is 0.563. The molecule has 0 unspecified atom stereocenters. The Morgan fingerprint density at radius 1 is 1.06 bits per heavy atom. The van der Waals surface area contributed by atoms with Gasteiger partial charge in [0.05, 0.1) is 6.61 Å². The molecule has 0 aliphatic carbocycles. The number of hydrogen-bond acceptors (Lipinski definition) is 2. The quantitative estimate of drug-likeness (QED) is 0.793. The molecule has 0 radical (unpaired) electrons. The molecule has 2 rings (SSSR count). The SMILES string of the molecule is CC(C)c1ccc(OCCc2ccccn2)cc1. The first kappa shape index (κ1) is 12.6. The van der Waals surface area contributed by atoms with Crippen molar-refractivity contribution in [1.29, 1.82) is 0 Å². The second-order valence-corrected chi connectivity index (χ2v) is 4.64. The molecule has 18 heavy (non-hydrogen) atoms. The lowest BCUT2D eigenvalue weighted by Gasteiger charge is -2.08. The number of rotatable bonds is 5. The van der Waals surface area contributed by atoms with E-state index in [4.69, 9.17) is 4.74 Å². The van der Waals surface area contributed by atoms with Gasteiger partial charge in [0.15, 0.2) is 0 Å². The van der Waals surface area contributed by atoms with Gasteiger partial charge in [-0.2, -0.15) is 0 Å². The highest BCUT2D eigenvalue weighted by Gasteiger charge is 2.00. The van der Waals surface area contributed by atoms with Crippen LogP contribution in [0.15, 0.2) is 48.7 Å². The van der Waals surface area contributed by atoms with Crippen LogP contribution in [0.1, 0.15) is 31.0 Å². The average Bonchev–Trinajstić information content (AvgIpc) is 2.40. The van der Waals surface area contributed by atoms with Crippen LogP contribution in [0.5, 0.6) is 5.75 Å². The molecule has 0 bridgehead atoms. The van der Waals surface area contributed by atoms with Gasteiger partial charge in [0.1, 0.15) is 5.75 Å². The molecule has 0 atom stereocenters. The van der Waals surface area contributed by atoms with E-state index in [9.17, 15) is 0 Å². The van der Waals surface area contributed by atoms with Crippen LogP contribution in [0.2, 0.25) is 0 Å². The molecule has 0 aliphatic heterocycles. The van der Waals surface area contributed by atoms with E-state index >= 15 is 0 Å². The van der Waals surface area contributed by atoms with Crippen molar-refractivity contribution in [3.8, 4) is 5.75 Å². The third-order valence-electron chi connectivity index (χ3n) is 2.90. The molecule has 2 heteroatoms. The summed E-state index contributed by atoms with van der Waals surface area (Å²) in [7, 11) is 0. The second-order valence-electron chi connectivity index (χ2n) is 4.64. The van der Waals surface area contributed by atoms with Gasteiger partial charge in [0.2, 0.25) is 0 Å². The van der Waals surface area contributed by atoms with Gasteiger partial charge in [-0.1, -0.05) is 32.0 Å². The summed E-state index contributed by atoms with van der Waals surface area (Å²) < 4.78 is 5.70. The summed E-state index contributed by atoms with van der Waals surface area (Å²) in [6.07, 6.45) is 2.65. The molecule has 0 aliphatic rings. The summed E-state index contributed by atoms with van der Waals surface area (Å²) in [5, 5.41) is 0. The fraction of sp³-hybridized carbons (Fsp3) is 0.312. The number of ether oxygens (including phenoxy) is 1. The monoisotopic (exact) mass is 241 g/mol. The van der Waals surface area contributed by atoms with Gasteiger partial charge in [-0.3, -0.25) is 4.98 Å². The minimum atomic E-state index is 0.563. The van der Waals surface area contributed by atoms with Crippen LogP contribution in [0.25, 0.3) is 0 Å². The maximum atomic E-state index is 5.70. The Labute approximate surface area is 109 Å². The zero-order valence-electron chi connectivity index (χ0n) is 11.0. The first-order valence-electron chi connectivity index (χ1n) is 6.38. The smallest absolute Gasteiger partial charge is 0.119 e. The molecule has 0 saturated heterocycles. The highest BCUT2D eigenvalue weighted by atomic mass is 16.5. The van der Waals surface area contributed by atoms with Crippen molar-refractivity contribution in [2.45, 2.75) is 26.2 Å². The van der Waals surface area contributed by atoms with Crippen molar-refractivity contribution in [3.63, 3.8) is 0 Å². The number of aromatic nitrogens is 1. The van der Waals surface area contributed by atoms with Gasteiger partial charge in [0.25, 0.3) is 0 Å². The van der Waals surface area contributed by atoms with Gasteiger partial charge in [-0.05, 0) is 35.7 Å². The van der Waals surface area contributed by atoms with Gasteiger partial charge >= 0.3 is 0 Å². The van der Waals surface area contributed by atoms with Crippen molar-refractivity contribution < 1.29 is 4.74 Å². The molecular formula is C16H19NO. The Morgan fingerprint density at radius 3 is 2.44 bits per heavy atom. The standard InChI is InChI=1S/C16H19NO/c1-13(2)14-6-8-16(9-7-14)18-12-10-15-5-3-4-11-17-15/h3-9,11,13H,10,12H2,1-2H3. The fourth-order valence-electron chi connectivity index (χ4n) is 1.77. The Hall–Kier alpha value is -1.83. The van der Waals surface area contributed by atoms with Gasteiger partial charge in [-0.25, -0.2) is 0 Å². The van der Waals surface area contributed by atoms with E-state index in [1.807, 2.05) is 36.5 Å². The molecule has 1 aromatic carbocycles. The van der Waals surface area contributed by atoms with E-state index in [1.54, 1.807) is 0 Å². The average molecular weight is 241 g/mol. The molecule has 2 aromatic rings. The molecule has 1 heterocycles. The maximum absolute atomic E-state index is 5.70. The largest absolute Gasteiger partial charge is 0.493 e. The van der Waals surface area contributed by atoms with Crippen LogP contribution < -0.4 is 4.74 Å². The third-order valence-corrected chi connectivity index (χ3v) is 2.90. The second kappa shape index (κ2) is 6.20. The Balaban J connectivity index is 1.83. The number of hydrogen-bond donors (Lipinski definition) is 0. The van der Waals surface area contributed by atoms with Crippen LogP contribution in [0, 0.1) is 0 Å². The zero-order valence-corrected chi connectivity index (χ0v) is 11.0. The van der Waals surface area contributed by atoms with Crippen molar-refractivity contribution in [2.75, 3.05) is 6.61 Å². The summed E-state index contributed by atoms with van der Waals surface area (Å²) >= 11 is 0. The predicted octanol–water partition coefficient (Wildman–Crippen LogP) is 3.83. The third kappa shape index (κ3) is 3.59. The Bertz CT molecular complexity index is 462. The van der Waals surface area contributed by atoms with Crippen LogP contribution in [0.4, 0.5) is 0 Å². The van der Waals surface area contributed by atoms with Crippen LogP contribution in [-0.2, 0) is 6.42 Å². The molecule has 0 fully saturated rings. The lowest BCUT2D eigenvalue weighted by molar-refractivity contribution is 0.320. The van der Waals surface area contributed by atoms with Crippen molar-refractivity contribution in [1.82, 2.24) is 4.98 Å². The molecule has 0 amide bonds. The van der Waals surface area contributed by atoms with Crippen LogP contribution in [-0.4, -0.2) is 11.6 Å². The maximum Gasteiger partial charge on any atom is 0.119 e. The lowest BCUT2D eigenvalue weighted by atomic mass is 10.0. The van der Waals surface area contributed by atoms with Gasteiger partial charge < -0.3 is 4.74 Å². The fourth-order valence-corrected chi connectivity index (χ4v) is 1.77. The molecule has 1 aromatic heterocycles. The van der Waals surface area contributed by atoms with E-state index in [0.29, 0.717) is 12.5 Å². The van der Waals surface area contributed by atoms with E-state index < -0.39 is 0 Å². The zero-order chi connectivity index (χ0) is 12.8. The molecule has 0 N–H and O–H groups in total. The molecular weight excluding hydrogens is 222 g/mol. The predicted molar refractivity (Wildman–Crippen MR) is 74.0 cm³/mol. The first-order valence-corrected chi connectivity index (χ1v) is 6.38. The Kier molecular flexibility index (Phi) is 4.35. The summed E-state index contributed by atoms with van der Waals surface area (Å²) in [4.78, 5) is 4.27. The number of pyridine rings is 1. The molecule has 2 nitrogen and oxygen atoms in total. The number of benzene rings is 1. The van der Waals surface area contributed by atoms with E-state index in [0.717, 1.165) is 17.9 Å². The van der Waals surface area contributed by atoms with Crippen molar-refractivity contribution >= 4 is 0 Å². The van der Waals surface area contributed by atoms with Crippen LogP contribution in [0.3, 0.4) is 0 Å². The Morgan fingerprint density at radius 2 is 1.83 bits per heavy atom. The summed E-state index contributed by atoms with van der Waals surface area (Å²) in [5.74, 6) is 1.49. The number of nitrogens with zero attached hydrogens (tertiary/aromatic N) is 1. The normalized spacial score (nSPS) is 10.6. The molecule has 0 saturated carbocycles.